The van der Waals surface area contributed by atoms with E-state index < -0.39 is 15.1 Å². The number of nitrogens with zero attached hydrogens (tertiary/aromatic N) is 2. The fourth-order valence-electron chi connectivity index (χ4n) is 3.51. The molecule has 2 saturated heterocycles. The van der Waals surface area contributed by atoms with Crippen molar-refractivity contribution in [2.24, 2.45) is 0 Å². The molecular weight excluding hydrogens is 328 g/mol. The van der Waals surface area contributed by atoms with Crippen LogP contribution in [-0.2, 0) is 21.1 Å². The number of oxazole rings is 1. The number of ether oxygens (including phenoxy) is 1. The predicted octanol–water partition coefficient (Wildman–Crippen LogP) is 1.73. The van der Waals surface area contributed by atoms with Crippen molar-refractivity contribution in [1.82, 2.24) is 9.88 Å². The van der Waals surface area contributed by atoms with Crippen molar-refractivity contribution in [2.45, 2.75) is 24.3 Å². The van der Waals surface area contributed by atoms with Gasteiger partial charge in [-0.05, 0) is 18.6 Å². The normalized spacial score (nSPS) is 26.8. The second-order valence-electron chi connectivity index (χ2n) is 6.30. The van der Waals surface area contributed by atoms with Gasteiger partial charge in [-0.15, -0.1) is 0 Å². The molecule has 2 aliphatic heterocycles. The summed E-state index contributed by atoms with van der Waals surface area (Å²) < 4.78 is 35.8. The van der Waals surface area contributed by atoms with Gasteiger partial charge in [-0.3, -0.25) is 4.90 Å². The summed E-state index contributed by atoms with van der Waals surface area (Å²) in [5.74, 6) is 1.54. The maximum absolute atomic E-state index is 12.3. The smallest absolute Gasteiger partial charge is 0.226 e. The van der Waals surface area contributed by atoms with Crippen molar-refractivity contribution in [3.8, 4) is 11.5 Å². The maximum atomic E-state index is 12.3. The van der Waals surface area contributed by atoms with Crippen molar-refractivity contribution in [3.05, 3.63) is 42.3 Å². The summed E-state index contributed by atoms with van der Waals surface area (Å²) in [5, 5.41) is -0.420. The largest absolute Gasteiger partial charge is 0.440 e. The Morgan fingerprint density at radius 3 is 2.92 bits per heavy atom. The topological polar surface area (TPSA) is 72.6 Å². The van der Waals surface area contributed by atoms with E-state index in [0.29, 0.717) is 32.2 Å². The van der Waals surface area contributed by atoms with Crippen LogP contribution in [0.4, 0.5) is 0 Å². The first kappa shape index (κ1) is 15.8. The molecule has 0 aliphatic carbocycles. The van der Waals surface area contributed by atoms with Gasteiger partial charge < -0.3 is 9.15 Å². The van der Waals surface area contributed by atoms with Gasteiger partial charge >= 0.3 is 0 Å². The molecule has 24 heavy (non-hydrogen) atoms. The Kier molecular flexibility index (Phi) is 4.15. The molecule has 0 unspecified atom stereocenters. The summed E-state index contributed by atoms with van der Waals surface area (Å²) >= 11 is 0. The first-order chi connectivity index (χ1) is 11.6. The number of hydrogen-bond acceptors (Lipinski definition) is 6. The van der Waals surface area contributed by atoms with Crippen molar-refractivity contribution in [1.29, 1.82) is 0 Å². The molecule has 1 aromatic heterocycles. The molecule has 6 nitrogen and oxygen atoms in total. The van der Waals surface area contributed by atoms with Crippen LogP contribution in [0.2, 0.25) is 0 Å². The summed E-state index contributed by atoms with van der Waals surface area (Å²) in [6, 6.07) is 9.76. The lowest BCUT2D eigenvalue weighted by atomic mass is 10.1. The fraction of sp³-hybridized carbons (Fsp3) is 0.471. The third-order valence-electron chi connectivity index (χ3n) is 4.80. The zero-order valence-electron chi connectivity index (χ0n) is 13.3. The van der Waals surface area contributed by atoms with Gasteiger partial charge in [0.1, 0.15) is 11.0 Å². The lowest BCUT2D eigenvalue weighted by Crippen LogP contribution is -2.58. The highest BCUT2D eigenvalue weighted by Crippen LogP contribution is 2.28. The van der Waals surface area contributed by atoms with Gasteiger partial charge in [-0.2, -0.15) is 0 Å². The monoisotopic (exact) mass is 348 g/mol. The van der Waals surface area contributed by atoms with Crippen LogP contribution in [0.5, 0.6) is 0 Å². The zero-order chi connectivity index (χ0) is 16.6. The molecule has 2 atom stereocenters. The van der Waals surface area contributed by atoms with Crippen molar-refractivity contribution in [3.63, 3.8) is 0 Å². The van der Waals surface area contributed by atoms with E-state index in [4.69, 9.17) is 9.15 Å². The van der Waals surface area contributed by atoms with Crippen molar-refractivity contribution >= 4 is 9.84 Å². The fourth-order valence-corrected chi connectivity index (χ4v) is 5.40. The molecule has 7 heteroatoms. The summed E-state index contributed by atoms with van der Waals surface area (Å²) in [4.78, 5) is 6.55. The van der Waals surface area contributed by atoms with Gasteiger partial charge in [0, 0.05) is 24.8 Å². The first-order valence-electron chi connectivity index (χ1n) is 8.17. The molecule has 1 aromatic carbocycles. The minimum absolute atomic E-state index is 0.00257. The molecule has 0 amide bonds. The lowest BCUT2D eigenvalue weighted by molar-refractivity contribution is 0.0291. The number of hydrogen-bond donors (Lipinski definition) is 0. The second kappa shape index (κ2) is 6.31. The standard InChI is InChI=1S/C17H20N2O4S/c20-24(21)9-7-19(15-6-8-22-12-16(15)24)11-14-10-18-17(23-14)13-4-2-1-3-5-13/h1-5,10,15-16H,6-9,11-12H2/t15-,16+/m1/s1. The number of fused-ring (bicyclic) bond motifs is 1. The average Bonchev–Trinajstić information content (AvgIpc) is 3.07. The molecule has 3 heterocycles. The van der Waals surface area contributed by atoms with Gasteiger partial charge in [0.25, 0.3) is 0 Å². The third-order valence-corrected chi connectivity index (χ3v) is 6.92. The molecule has 0 radical (unpaired) electrons. The Hall–Kier alpha value is -1.70. The van der Waals surface area contributed by atoms with Crippen LogP contribution in [0.25, 0.3) is 11.5 Å². The highest BCUT2D eigenvalue weighted by molar-refractivity contribution is 7.92. The van der Waals surface area contributed by atoms with Crippen LogP contribution < -0.4 is 0 Å². The quantitative estimate of drug-likeness (QED) is 0.841. The molecule has 0 bridgehead atoms. The minimum Gasteiger partial charge on any atom is -0.440 e. The molecule has 2 fully saturated rings. The van der Waals surface area contributed by atoms with Gasteiger partial charge in [0.2, 0.25) is 5.89 Å². The number of rotatable bonds is 3. The number of aromatic nitrogens is 1. The molecule has 2 aliphatic rings. The van der Waals surface area contributed by atoms with E-state index in [1.54, 1.807) is 6.20 Å². The Morgan fingerprint density at radius 1 is 1.25 bits per heavy atom. The van der Waals surface area contributed by atoms with E-state index >= 15 is 0 Å². The van der Waals surface area contributed by atoms with E-state index in [2.05, 4.69) is 9.88 Å². The average molecular weight is 348 g/mol. The van der Waals surface area contributed by atoms with Crippen molar-refractivity contribution < 1.29 is 17.6 Å². The summed E-state index contributed by atoms with van der Waals surface area (Å²) in [7, 11) is -3.06. The Bertz CT molecular complexity index is 803. The van der Waals surface area contributed by atoms with Gasteiger partial charge in [-0.25, -0.2) is 13.4 Å². The lowest BCUT2D eigenvalue weighted by Gasteiger charge is -2.42. The van der Waals surface area contributed by atoms with E-state index in [1.165, 1.54) is 0 Å². The zero-order valence-corrected chi connectivity index (χ0v) is 14.1. The van der Waals surface area contributed by atoms with E-state index in [0.717, 1.165) is 17.7 Å². The summed E-state index contributed by atoms with van der Waals surface area (Å²) in [6.45, 7) is 2.02. The predicted molar refractivity (Wildman–Crippen MR) is 89.1 cm³/mol. The number of benzene rings is 1. The van der Waals surface area contributed by atoms with Crippen LogP contribution in [0.3, 0.4) is 0 Å². The maximum Gasteiger partial charge on any atom is 0.226 e. The highest BCUT2D eigenvalue weighted by Gasteiger charge is 2.43. The van der Waals surface area contributed by atoms with Crippen LogP contribution in [0, 0.1) is 0 Å². The molecule has 0 saturated carbocycles. The van der Waals surface area contributed by atoms with Crippen LogP contribution in [-0.4, -0.2) is 55.1 Å². The van der Waals surface area contributed by atoms with Crippen LogP contribution in [0.1, 0.15) is 12.2 Å². The highest BCUT2D eigenvalue weighted by atomic mass is 32.2. The second-order valence-corrected chi connectivity index (χ2v) is 8.64. The summed E-state index contributed by atoms with van der Waals surface area (Å²) in [6.07, 6.45) is 2.48. The van der Waals surface area contributed by atoms with Gasteiger partial charge in [0.15, 0.2) is 9.84 Å². The molecule has 128 valence electrons. The summed E-state index contributed by atoms with van der Waals surface area (Å²) in [5.41, 5.74) is 0.939. The van der Waals surface area contributed by atoms with Crippen molar-refractivity contribution in [2.75, 3.05) is 25.5 Å². The number of sulfone groups is 1. The van der Waals surface area contributed by atoms with Crippen LogP contribution in [0.15, 0.2) is 40.9 Å². The molecular formula is C17H20N2O4S. The van der Waals surface area contributed by atoms with E-state index in [9.17, 15) is 8.42 Å². The Labute approximate surface area is 141 Å². The Morgan fingerprint density at radius 2 is 2.08 bits per heavy atom. The SMILES string of the molecule is O=S1(=O)CCN(Cc2cnc(-c3ccccc3)o2)[C@@H]2CCOC[C@@H]21. The first-order valence-corrected chi connectivity index (χ1v) is 9.88. The van der Waals surface area contributed by atoms with E-state index in [-0.39, 0.29) is 11.8 Å². The minimum atomic E-state index is -3.06. The molecule has 0 spiro atoms. The van der Waals surface area contributed by atoms with E-state index in [1.807, 2.05) is 30.3 Å². The Balaban J connectivity index is 1.52. The van der Waals surface area contributed by atoms with Gasteiger partial charge in [-0.1, -0.05) is 18.2 Å². The molecule has 0 N–H and O–H groups in total. The third kappa shape index (κ3) is 2.99. The van der Waals surface area contributed by atoms with Gasteiger partial charge in [0.05, 0.1) is 25.1 Å². The molecule has 4 rings (SSSR count). The molecule has 2 aromatic rings. The van der Waals surface area contributed by atoms with Crippen LogP contribution >= 0.6 is 0 Å².